The second kappa shape index (κ2) is 9.01. The Morgan fingerprint density at radius 2 is 2.19 bits per heavy atom. The molecule has 0 fully saturated rings. The molecule has 3 rings (SSSR count). The van der Waals surface area contributed by atoms with E-state index >= 15 is 0 Å². The van der Waals surface area contributed by atoms with Crippen LogP contribution in [0.3, 0.4) is 0 Å². The fraction of sp³-hybridized carbons (Fsp3) is 0.235. The molecule has 3 aromatic rings. The Hall–Kier alpha value is -2.39. The van der Waals surface area contributed by atoms with E-state index < -0.39 is 12.2 Å². The highest BCUT2D eigenvalue weighted by Gasteiger charge is 2.19. The van der Waals surface area contributed by atoms with Crippen molar-refractivity contribution in [1.29, 1.82) is 0 Å². The van der Waals surface area contributed by atoms with Crippen molar-refractivity contribution in [3.05, 3.63) is 58.8 Å². The van der Waals surface area contributed by atoms with Gasteiger partial charge in [-0.25, -0.2) is 8.78 Å². The minimum atomic E-state index is -2.78. The summed E-state index contributed by atoms with van der Waals surface area (Å²) in [5.41, 5.74) is 0. The predicted molar refractivity (Wildman–Crippen MR) is 98.9 cm³/mol. The maximum atomic E-state index is 13.0. The number of aromatic nitrogens is 3. The first kappa shape index (κ1) is 19.4. The van der Waals surface area contributed by atoms with Crippen molar-refractivity contribution in [3.63, 3.8) is 0 Å². The van der Waals surface area contributed by atoms with Gasteiger partial charge in [-0.3, -0.25) is 0 Å². The summed E-state index contributed by atoms with van der Waals surface area (Å²) < 4.78 is 38.3. The normalized spacial score (nSPS) is 11.6. The smallest absolute Gasteiger partial charge is 0.299 e. The Labute approximate surface area is 163 Å². The summed E-state index contributed by atoms with van der Waals surface area (Å²) >= 11 is 7.17. The fourth-order valence-electron chi connectivity index (χ4n) is 2.11. The van der Waals surface area contributed by atoms with Gasteiger partial charge in [-0.2, -0.15) is 9.78 Å². The zero-order chi connectivity index (χ0) is 19.2. The van der Waals surface area contributed by atoms with Crippen LogP contribution in [0.15, 0.2) is 51.1 Å². The van der Waals surface area contributed by atoms with E-state index in [4.69, 9.17) is 20.8 Å². The second-order valence-corrected chi connectivity index (χ2v) is 6.85. The number of halogens is 3. The van der Waals surface area contributed by atoms with E-state index in [-0.39, 0.29) is 6.61 Å². The molecule has 142 valence electrons. The average molecular weight is 413 g/mol. The number of benzene rings is 1. The van der Waals surface area contributed by atoms with Crippen LogP contribution in [0.4, 0.5) is 8.78 Å². The molecule has 0 spiro atoms. The van der Waals surface area contributed by atoms with Crippen molar-refractivity contribution in [1.82, 2.24) is 14.9 Å². The first-order valence-electron chi connectivity index (χ1n) is 7.94. The van der Waals surface area contributed by atoms with Crippen LogP contribution in [0, 0.1) is 0 Å². The summed E-state index contributed by atoms with van der Waals surface area (Å²) in [6.07, 6.45) is -1.45. The van der Waals surface area contributed by atoms with Crippen LogP contribution in [-0.4, -0.2) is 26.8 Å². The van der Waals surface area contributed by atoms with Crippen LogP contribution < -0.4 is 4.74 Å². The monoisotopic (exact) mass is 412 g/mol. The molecule has 0 bridgehead atoms. The molecule has 6 nitrogen and oxygen atoms in total. The standard InChI is InChI=1S/C17H15ClF2N4O2S/c1-2-27-17-23-22-16(15(19)20)24(17)21-9-13-6-7-14(26-13)10-25-12-5-3-4-11(18)8-12/h3-9,15H,2,10H2,1H3/b21-9+. The van der Waals surface area contributed by atoms with Gasteiger partial charge in [-0.1, -0.05) is 36.4 Å². The lowest BCUT2D eigenvalue weighted by molar-refractivity contribution is 0.135. The molecular weight excluding hydrogens is 398 g/mol. The molecule has 0 aliphatic rings. The van der Waals surface area contributed by atoms with Gasteiger partial charge in [-0.05, 0) is 36.1 Å². The summed E-state index contributed by atoms with van der Waals surface area (Å²) in [5, 5.41) is 12.1. The minimum Gasteiger partial charge on any atom is -0.486 e. The molecule has 1 aromatic carbocycles. The molecule has 10 heteroatoms. The van der Waals surface area contributed by atoms with Crippen LogP contribution in [-0.2, 0) is 6.61 Å². The van der Waals surface area contributed by atoms with E-state index in [2.05, 4.69) is 15.3 Å². The zero-order valence-electron chi connectivity index (χ0n) is 14.2. The van der Waals surface area contributed by atoms with Crippen molar-refractivity contribution >= 4 is 29.6 Å². The third-order valence-corrected chi connectivity index (χ3v) is 4.30. The predicted octanol–water partition coefficient (Wildman–Crippen LogP) is 5.04. The van der Waals surface area contributed by atoms with E-state index in [0.717, 1.165) is 4.68 Å². The van der Waals surface area contributed by atoms with Gasteiger partial charge >= 0.3 is 0 Å². The van der Waals surface area contributed by atoms with Crippen LogP contribution in [0.2, 0.25) is 5.02 Å². The van der Waals surface area contributed by atoms with Gasteiger partial charge in [-0.15, -0.1) is 10.2 Å². The van der Waals surface area contributed by atoms with Crippen molar-refractivity contribution in [2.45, 2.75) is 25.1 Å². The Morgan fingerprint density at radius 3 is 2.93 bits per heavy atom. The fourth-order valence-corrected chi connectivity index (χ4v) is 2.91. The van der Waals surface area contributed by atoms with E-state index in [1.54, 1.807) is 36.4 Å². The maximum Gasteiger partial charge on any atom is 0.299 e. The Bertz CT molecular complexity index is 929. The lowest BCUT2D eigenvalue weighted by Gasteiger charge is -2.04. The molecule has 2 heterocycles. The molecule has 27 heavy (non-hydrogen) atoms. The van der Waals surface area contributed by atoms with Gasteiger partial charge in [0.25, 0.3) is 6.43 Å². The molecule has 0 amide bonds. The minimum absolute atomic E-state index is 0.194. The summed E-state index contributed by atoms with van der Waals surface area (Å²) in [7, 11) is 0. The van der Waals surface area contributed by atoms with Crippen LogP contribution in [0.5, 0.6) is 5.75 Å². The number of furan rings is 1. The Morgan fingerprint density at radius 1 is 1.33 bits per heavy atom. The molecule has 0 aliphatic carbocycles. The lowest BCUT2D eigenvalue weighted by Crippen LogP contribution is -2.00. The highest BCUT2D eigenvalue weighted by Crippen LogP contribution is 2.23. The summed E-state index contributed by atoms with van der Waals surface area (Å²) in [5.74, 6) is 1.70. The summed E-state index contributed by atoms with van der Waals surface area (Å²) in [4.78, 5) is 0. The van der Waals surface area contributed by atoms with Crippen molar-refractivity contribution < 1.29 is 17.9 Å². The molecular formula is C17H15ClF2N4O2S. The third kappa shape index (κ3) is 5.08. The highest BCUT2D eigenvalue weighted by atomic mass is 35.5. The summed E-state index contributed by atoms with van der Waals surface area (Å²) in [6.45, 7) is 2.08. The number of rotatable bonds is 8. The van der Waals surface area contributed by atoms with Crippen molar-refractivity contribution in [2.24, 2.45) is 5.10 Å². The number of alkyl halides is 2. The molecule has 0 N–H and O–H groups in total. The third-order valence-electron chi connectivity index (χ3n) is 3.26. The van der Waals surface area contributed by atoms with Gasteiger partial charge in [0.2, 0.25) is 11.0 Å². The average Bonchev–Trinajstić information content (AvgIpc) is 3.25. The molecule has 0 atom stereocenters. The van der Waals surface area contributed by atoms with Gasteiger partial charge in [0.15, 0.2) is 0 Å². The Kier molecular flexibility index (Phi) is 6.46. The largest absolute Gasteiger partial charge is 0.486 e. The van der Waals surface area contributed by atoms with Crippen LogP contribution in [0.1, 0.15) is 30.7 Å². The van der Waals surface area contributed by atoms with Crippen LogP contribution in [0.25, 0.3) is 0 Å². The zero-order valence-corrected chi connectivity index (χ0v) is 15.8. The van der Waals surface area contributed by atoms with E-state index in [1.165, 1.54) is 18.0 Å². The van der Waals surface area contributed by atoms with Crippen molar-refractivity contribution in [2.75, 3.05) is 5.75 Å². The first-order valence-corrected chi connectivity index (χ1v) is 9.31. The lowest BCUT2D eigenvalue weighted by atomic mass is 10.3. The van der Waals surface area contributed by atoms with Gasteiger partial charge in [0.05, 0.1) is 6.21 Å². The number of ether oxygens (including phenoxy) is 1. The maximum absolute atomic E-state index is 13.0. The first-order chi connectivity index (χ1) is 13.1. The van der Waals surface area contributed by atoms with E-state index in [9.17, 15) is 8.78 Å². The molecule has 0 saturated carbocycles. The number of hydrogen-bond acceptors (Lipinski definition) is 6. The van der Waals surface area contributed by atoms with Gasteiger partial charge < -0.3 is 9.15 Å². The SMILES string of the molecule is CCSc1nnc(C(F)F)n1/N=C/c1ccc(COc2cccc(Cl)c2)o1. The number of hydrogen-bond donors (Lipinski definition) is 0. The molecule has 0 saturated heterocycles. The number of nitrogens with zero attached hydrogens (tertiary/aromatic N) is 4. The molecule has 0 unspecified atom stereocenters. The van der Waals surface area contributed by atoms with Crippen molar-refractivity contribution in [3.8, 4) is 5.75 Å². The molecule has 0 aliphatic heterocycles. The van der Waals surface area contributed by atoms with Gasteiger partial charge in [0.1, 0.15) is 23.9 Å². The van der Waals surface area contributed by atoms with E-state index in [0.29, 0.717) is 33.2 Å². The topological polar surface area (TPSA) is 65.4 Å². The summed E-state index contributed by atoms with van der Waals surface area (Å²) in [6, 6.07) is 10.4. The molecule has 2 aromatic heterocycles. The molecule has 0 radical (unpaired) electrons. The number of thioether (sulfide) groups is 1. The Balaban J connectivity index is 1.69. The highest BCUT2D eigenvalue weighted by molar-refractivity contribution is 7.99. The van der Waals surface area contributed by atoms with Gasteiger partial charge in [0, 0.05) is 5.02 Å². The quantitative estimate of drug-likeness (QED) is 0.383. The second-order valence-electron chi connectivity index (χ2n) is 5.18. The van der Waals surface area contributed by atoms with Crippen LogP contribution >= 0.6 is 23.4 Å². The van der Waals surface area contributed by atoms with E-state index in [1.807, 2.05) is 6.92 Å².